The normalized spacial score (nSPS) is 17.0. The predicted octanol–water partition coefficient (Wildman–Crippen LogP) is 3.61. The van der Waals surface area contributed by atoms with E-state index in [9.17, 15) is 18.8 Å². The van der Waals surface area contributed by atoms with Crippen molar-refractivity contribution in [2.45, 2.75) is 18.9 Å². The highest BCUT2D eigenvalue weighted by Gasteiger charge is 2.38. The lowest BCUT2D eigenvalue weighted by molar-refractivity contribution is -0.151. The number of nitrogens with zero attached hydrogens (tertiary/aromatic N) is 1. The summed E-state index contributed by atoms with van der Waals surface area (Å²) >= 11 is 5.77. The fraction of sp³-hybridized carbons (Fsp3) is 0.318. The number of esters is 1. The number of ketones is 1. The van der Waals surface area contributed by atoms with Crippen molar-refractivity contribution in [1.82, 2.24) is 0 Å². The fourth-order valence-corrected chi connectivity index (χ4v) is 3.45. The summed E-state index contributed by atoms with van der Waals surface area (Å²) in [5.74, 6) is -1.71. The van der Waals surface area contributed by atoms with Crippen LogP contribution in [0.15, 0.2) is 48.5 Å². The first kappa shape index (κ1) is 21.8. The van der Waals surface area contributed by atoms with Crippen LogP contribution < -0.4 is 9.64 Å². The lowest BCUT2D eigenvalue weighted by atomic mass is 10.0. The molecule has 30 heavy (non-hydrogen) atoms. The highest BCUT2D eigenvalue weighted by atomic mass is 35.5. The minimum Gasteiger partial charge on any atom is -0.497 e. The molecule has 0 aromatic heterocycles. The van der Waals surface area contributed by atoms with Gasteiger partial charge >= 0.3 is 5.97 Å². The molecular formula is C22H21ClFNO5. The van der Waals surface area contributed by atoms with Gasteiger partial charge in [-0.2, -0.15) is 0 Å². The minimum absolute atomic E-state index is 0.0107. The van der Waals surface area contributed by atoms with E-state index < -0.39 is 29.6 Å². The summed E-state index contributed by atoms with van der Waals surface area (Å²) < 4.78 is 23.6. The van der Waals surface area contributed by atoms with Gasteiger partial charge in [-0.1, -0.05) is 0 Å². The fourth-order valence-electron chi connectivity index (χ4n) is 3.26. The standard InChI is InChI=1S/C22H21ClFNO5/c1-29-18-8-6-17(7-9-18)25-13-15(12-20(25)26)22(28)30-19(10-11-23)21(27)14-2-4-16(24)5-3-14/h2-9,15,19H,10-13H2,1H3/t15-,19+/m1/s1. The Morgan fingerprint density at radius 2 is 1.83 bits per heavy atom. The molecule has 0 unspecified atom stereocenters. The molecule has 2 aromatic carbocycles. The van der Waals surface area contributed by atoms with E-state index >= 15 is 0 Å². The van der Waals surface area contributed by atoms with Gasteiger partial charge in [0, 0.05) is 36.5 Å². The van der Waals surface area contributed by atoms with Gasteiger partial charge in [-0.15, -0.1) is 11.6 Å². The van der Waals surface area contributed by atoms with E-state index in [2.05, 4.69) is 0 Å². The molecule has 3 rings (SSSR count). The maximum Gasteiger partial charge on any atom is 0.312 e. The van der Waals surface area contributed by atoms with Crippen LogP contribution in [0.25, 0.3) is 0 Å². The van der Waals surface area contributed by atoms with Gasteiger partial charge in [0.25, 0.3) is 0 Å². The van der Waals surface area contributed by atoms with Crippen molar-refractivity contribution in [1.29, 1.82) is 0 Å². The van der Waals surface area contributed by atoms with E-state index in [4.69, 9.17) is 21.1 Å². The van der Waals surface area contributed by atoms with Gasteiger partial charge in [0.1, 0.15) is 11.6 Å². The van der Waals surface area contributed by atoms with E-state index in [1.807, 2.05) is 0 Å². The molecule has 6 nitrogen and oxygen atoms in total. The highest BCUT2D eigenvalue weighted by Crippen LogP contribution is 2.28. The Hall–Kier alpha value is -2.93. The van der Waals surface area contributed by atoms with E-state index in [0.717, 1.165) is 12.1 Å². The molecule has 0 spiro atoms. The van der Waals surface area contributed by atoms with Gasteiger partial charge in [-0.25, -0.2) is 4.39 Å². The molecule has 1 fully saturated rings. The molecule has 0 radical (unpaired) electrons. The second-order valence-corrected chi connectivity index (χ2v) is 7.26. The van der Waals surface area contributed by atoms with Gasteiger partial charge in [0.15, 0.2) is 6.10 Å². The number of hydrogen-bond acceptors (Lipinski definition) is 5. The van der Waals surface area contributed by atoms with Crippen molar-refractivity contribution in [3.63, 3.8) is 0 Å². The van der Waals surface area contributed by atoms with Gasteiger partial charge in [-0.05, 0) is 48.5 Å². The maximum absolute atomic E-state index is 13.1. The third kappa shape index (κ3) is 4.97. The Bertz CT molecular complexity index is 916. The van der Waals surface area contributed by atoms with E-state index in [0.29, 0.717) is 11.4 Å². The number of hydrogen-bond donors (Lipinski definition) is 0. The number of amides is 1. The zero-order chi connectivity index (χ0) is 21.7. The van der Waals surface area contributed by atoms with Gasteiger partial charge < -0.3 is 14.4 Å². The van der Waals surface area contributed by atoms with Crippen LogP contribution >= 0.6 is 11.6 Å². The summed E-state index contributed by atoms with van der Waals surface area (Å²) in [4.78, 5) is 39.2. The van der Waals surface area contributed by atoms with Crippen LogP contribution in [0.4, 0.5) is 10.1 Å². The number of carbonyl (C=O) groups is 3. The summed E-state index contributed by atoms with van der Waals surface area (Å²) in [6.07, 6.45) is -0.985. The molecule has 1 aliphatic rings. The molecule has 0 saturated carbocycles. The zero-order valence-electron chi connectivity index (χ0n) is 16.3. The van der Waals surface area contributed by atoms with Crippen LogP contribution in [0.5, 0.6) is 5.75 Å². The van der Waals surface area contributed by atoms with Crippen molar-refractivity contribution < 1.29 is 28.2 Å². The second-order valence-electron chi connectivity index (χ2n) is 6.88. The third-order valence-electron chi connectivity index (χ3n) is 4.89. The zero-order valence-corrected chi connectivity index (χ0v) is 17.1. The molecule has 1 saturated heterocycles. The van der Waals surface area contributed by atoms with E-state index in [-0.39, 0.29) is 36.7 Å². The summed E-state index contributed by atoms with van der Waals surface area (Å²) in [5.41, 5.74) is 0.873. The molecule has 158 valence electrons. The Balaban J connectivity index is 1.67. The number of methoxy groups -OCH3 is 1. The van der Waals surface area contributed by atoms with E-state index in [1.165, 1.54) is 17.0 Å². The van der Waals surface area contributed by atoms with Crippen LogP contribution in [0.3, 0.4) is 0 Å². The van der Waals surface area contributed by atoms with Crippen molar-refractivity contribution in [3.05, 3.63) is 59.9 Å². The first-order chi connectivity index (χ1) is 14.4. The van der Waals surface area contributed by atoms with Crippen LogP contribution in [0, 0.1) is 11.7 Å². The molecule has 0 N–H and O–H groups in total. The topological polar surface area (TPSA) is 72.9 Å². The Morgan fingerprint density at radius 1 is 1.17 bits per heavy atom. The Kier molecular flexibility index (Phi) is 7.05. The maximum atomic E-state index is 13.1. The lowest BCUT2D eigenvalue weighted by Crippen LogP contribution is -2.32. The summed E-state index contributed by atoms with van der Waals surface area (Å²) in [5, 5.41) is 0. The molecule has 8 heteroatoms. The summed E-state index contributed by atoms with van der Waals surface area (Å²) in [6.45, 7) is 0.155. The van der Waals surface area contributed by atoms with Gasteiger partial charge in [-0.3, -0.25) is 14.4 Å². The minimum atomic E-state index is -1.09. The Labute approximate surface area is 178 Å². The van der Waals surface area contributed by atoms with Crippen molar-refractivity contribution in [2.75, 3.05) is 24.4 Å². The molecule has 1 amide bonds. The van der Waals surface area contributed by atoms with Crippen LogP contribution in [-0.4, -0.2) is 43.3 Å². The number of anilines is 1. The third-order valence-corrected chi connectivity index (χ3v) is 5.11. The molecule has 2 atom stereocenters. The molecular weight excluding hydrogens is 413 g/mol. The second kappa shape index (κ2) is 9.71. The van der Waals surface area contributed by atoms with Gasteiger partial charge in [0.05, 0.1) is 13.0 Å². The van der Waals surface area contributed by atoms with Crippen LogP contribution in [0.2, 0.25) is 0 Å². The first-order valence-electron chi connectivity index (χ1n) is 9.43. The first-order valence-corrected chi connectivity index (χ1v) is 9.97. The van der Waals surface area contributed by atoms with E-state index in [1.54, 1.807) is 31.4 Å². The molecule has 2 aromatic rings. The lowest BCUT2D eigenvalue weighted by Gasteiger charge is -2.19. The Morgan fingerprint density at radius 3 is 2.43 bits per heavy atom. The van der Waals surface area contributed by atoms with Gasteiger partial charge in [0.2, 0.25) is 11.7 Å². The molecule has 1 heterocycles. The number of alkyl halides is 1. The molecule has 0 bridgehead atoms. The number of benzene rings is 2. The van der Waals surface area contributed by atoms with Crippen LogP contribution in [-0.2, 0) is 14.3 Å². The van der Waals surface area contributed by atoms with Crippen molar-refractivity contribution >= 4 is 34.9 Å². The summed E-state index contributed by atoms with van der Waals surface area (Å²) in [7, 11) is 1.55. The number of rotatable bonds is 8. The smallest absolute Gasteiger partial charge is 0.312 e. The van der Waals surface area contributed by atoms with Crippen LogP contribution in [0.1, 0.15) is 23.2 Å². The number of halogens is 2. The summed E-state index contributed by atoms with van der Waals surface area (Å²) in [6, 6.07) is 11.9. The SMILES string of the molecule is COc1ccc(N2C[C@H](C(=O)O[C@@H](CCCl)C(=O)c3ccc(F)cc3)CC2=O)cc1. The van der Waals surface area contributed by atoms with Crippen molar-refractivity contribution in [2.24, 2.45) is 5.92 Å². The predicted molar refractivity (Wildman–Crippen MR) is 109 cm³/mol. The highest BCUT2D eigenvalue weighted by molar-refractivity contribution is 6.18. The quantitative estimate of drug-likeness (QED) is 0.361. The molecule has 1 aliphatic heterocycles. The number of carbonyl (C=O) groups excluding carboxylic acids is 3. The molecule has 0 aliphatic carbocycles. The average Bonchev–Trinajstić information content (AvgIpc) is 3.15. The number of ether oxygens (including phenoxy) is 2. The largest absolute Gasteiger partial charge is 0.497 e. The monoisotopic (exact) mass is 433 g/mol. The number of Topliss-reactive ketones (excluding diaryl/α,β-unsaturated/α-hetero) is 1. The van der Waals surface area contributed by atoms with Crippen molar-refractivity contribution in [3.8, 4) is 5.75 Å². The average molecular weight is 434 g/mol.